The van der Waals surface area contributed by atoms with Gasteiger partial charge >= 0.3 is 0 Å². The summed E-state index contributed by atoms with van der Waals surface area (Å²) >= 11 is 0. The standard InChI is InChI=1S/C16H19NO/c1-16(11-18-12-16)10-17-9-14-7-4-6-13-5-2-3-8-15(13)14/h2-8,17H,9-12H2,1H3. The fourth-order valence-electron chi connectivity index (χ4n) is 2.50. The number of hydrogen-bond donors (Lipinski definition) is 1. The number of benzene rings is 2. The molecule has 0 aliphatic carbocycles. The van der Waals surface area contributed by atoms with Gasteiger partial charge in [0.2, 0.25) is 0 Å². The molecule has 0 aromatic heterocycles. The summed E-state index contributed by atoms with van der Waals surface area (Å²) in [6.45, 7) is 5.99. The maximum Gasteiger partial charge on any atom is 0.0554 e. The minimum absolute atomic E-state index is 0.338. The van der Waals surface area contributed by atoms with Gasteiger partial charge < -0.3 is 10.1 Å². The molecule has 0 atom stereocenters. The number of rotatable bonds is 4. The van der Waals surface area contributed by atoms with Gasteiger partial charge in [0.25, 0.3) is 0 Å². The van der Waals surface area contributed by atoms with Crippen LogP contribution in [0, 0.1) is 5.41 Å². The van der Waals surface area contributed by atoms with Crippen LogP contribution in [0.1, 0.15) is 12.5 Å². The van der Waals surface area contributed by atoms with E-state index in [4.69, 9.17) is 4.74 Å². The van der Waals surface area contributed by atoms with Crippen LogP contribution in [0.3, 0.4) is 0 Å². The number of nitrogens with one attached hydrogen (secondary N) is 1. The molecule has 1 saturated heterocycles. The maximum atomic E-state index is 5.27. The quantitative estimate of drug-likeness (QED) is 0.888. The zero-order chi connectivity index (χ0) is 12.4. The average Bonchev–Trinajstić information content (AvgIpc) is 2.37. The van der Waals surface area contributed by atoms with Gasteiger partial charge in [0.15, 0.2) is 0 Å². The van der Waals surface area contributed by atoms with Crippen molar-refractivity contribution in [1.82, 2.24) is 5.32 Å². The van der Waals surface area contributed by atoms with Crippen LogP contribution in [0.4, 0.5) is 0 Å². The van der Waals surface area contributed by atoms with Gasteiger partial charge in [-0.2, -0.15) is 0 Å². The summed E-state index contributed by atoms with van der Waals surface area (Å²) in [6.07, 6.45) is 0. The molecule has 3 rings (SSSR count). The van der Waals surface area contributed by atoms with E-state index in [-0.39, 0.29) is 0 Å². The molecule has 0 spiro atoms. The van der Waals surface area contributed by atoms with Crippen LogP contribution in [-0.2, 0) is 11.3 Å². The van der Waals surface area contributed by atoms with Crippen molar-refractivity contribution in [2.24, 2.45) is 5.41 Å². The van der Waals surface area contributed by atoms with Crippen molar-refractivity contribution < 1.29 is 4.74 Å². The first kappa shape index (κ1) is 11.7. The highest BCUT2D eigenvalue weighted by Gasteiger charge is 2.32. The van der Waals surface area contributed by atoms with Crippen LogP contribution >= 0.6 is 0 Å². The molecular formula is C16H19NO. The molecule has 18 heavy (non-hydrogen) atoms. The summed E-state index contributed by atoms with van der Waals surface area (Å²) in [4.78, 5) is 0. The lowest BCUT2D eigenvalue weighted by Gasteiger charge is -2.38. The lowest BCUT2D eigenvalue weighted by Crippen LogP contribution is -2.47. The normalized spacial score (nSPS) is 17.6. The van der Waals surface area contributed by atoms with Gasteiger partial charge in [0, 0.05) is 18.5 Å². The van der Waals surface area contributed by atoms with Gasteiger partial charge in [-0.15, -0.1) is 0 Å². The van der Waals surface area contributed by atoms with E-state index in [0.29, 0.717) is 5.41 Å². The second-order valence-electron chi connectivity index (χ2n) is 5.55. The largest absolute Gasteiger partial charge is 0.380 e. The van der Waals surface area contributed by atoms with E-state index in [2.05, 4.69) is 54.7 Å². The molecule has 1 fully saturated rings. The van der Waals surface area contributed by atoms with Gasteiger partial charge in [-0.25, -0.2) is 0 Å². The Labute approximate surface area is 108 Å². The summed E-state index contributed by atoms with van der Waals surface area (Å²) in [5.41, 5.74) is 1.71. The Morgan fingerprint density at radius 2 is 1.89 bits per heavy atom. The van der Waals surface area contributed by atoms with Crippen molar-refractivity contribution in [3.63, 3.8) is 0 Å². The molecule has 1 aliphatic heterocycles. The van der Waals surface area contributed by atoms with Crippen molar-refractivity contribution in [2.45, 2.75) is 13.5 Å². The molecule has 94 valence electrons. The summed E-state index contributed by atoms with van der Waals surface area (Å²) in [5.74, 6) is 0. The van der Waals surface area contributed by atoms with Crippen molar-refractivity contribution >= 4 is 10.8 Å². The predicted molar refractivity (Wildman–Crippen MR) is 74.6 cm³/mol. The van der Waals surface area contributed by atoms with Crippen molar-refractivity contribution in [3.05, 3.63) is 48.0 Å². The minimum atomic E-state index is 0.338. The molecule has 1 heterocycles. The maximum absolute atomic E-state index is 5.27. The average molecular weight is 241 g/mol. The number of hydrogen-bond acceptors (Lipinski definition) is 2. The fraction of sp³-hybridized carbons (Fsp3) is 0.375. The van der Waals surface area contributed by atoms with E-state index in [9.17, 15) is 0 Å². The monoisotopic (exact) mass is 241 g/mol. The molecule has 2 aromatic rings. The number of fused-ring (bicyclic) bond motifs is 1. The zero-order valence-electron chi connectivity index (χ0n) is 10.8. The predicted octanol–water partition coefficient (Wildman–Crippen LogP) is 2.97. The van der Waals surface area contributed by atoms with E-state index in [1.807, 2.05) is 0 Å². The third-order valence-corrected chi connectivity index (χ3v) is 3.65. The summed E-state index contributed by atoms with van der Waals surface area (Å²) < 4.78 is 5.27. The molecule has 2 nitrogen and oxygen atoms in total. The van der Waals surface area contributed by atoms with Crippen LogP contribution in [0.25, 0.3) is 10.8 Å². The SMILES string of the molecule is CC1(CNCc2cccc3ccccc23)COC1. The topological polar surface area (TPSA) is 21.3 Å². The Bertz CT molecular complexity index is 540. The van der Waals surface area contributed by atoms with Crippen LogP contribution in [0.5, 0.6) is 0 Å². The Morgan fingerprint density at radius 1 is 1.11 bits per heavy atom. The minimum Gasteiger partial charge on any atom is -0.380 e. The van der Waals surface area contributed by atoms with Crippen LogP contribution < -0.4 is 5.32 Å². The number of ether oxygens (including phenoxy) is 1. The van der Waals surface area contributed by atoms with E-state index < -0.39 is 0 Å². The molecule has 0 radical (unpaired) electrons. The molecule has 0 bridgehead atoms. The van der Waals surface area contributed by atoms with Gasteiger partial charge in [0.1, 0.15) is 0 Å². The molecular weight excluding hydrogens is 222 g/mol. The highest BCUT2D eigenvalue weighted by molar-refractivity contribution is 5.85. The first-order valence-electron chi connectivity index (χ1n) is 6.52. The highest BCUT2D eigenvalue weighted by atomic mass is 16.5. The molecule has 0 unspecified atom stereocenters. The lowest BCUT2D eigenvalue weighted by atomic mass is 9.88. The molecule has 2 aromatic carbocycles. The lowest BCUT2D eigenvalue weighted by molar-refractivity contribution is -0.0991. The third-order valence-electron chi connectivity index (χ3n) is 3.65. The van der Waals surface area contributed by atoms with Gasteiger partial charge in [-0.1, -0.05) is 49.4 Å². The van der Waals surface area contributed by atoms with Crippen LogP contribution in [0.15, 0.2) is 42.5 Å². The van der Waals surface area contributed by atoms with Crippen molar-refractivity contribution in [2.75, 3.05) is 19.8 Å². The summed E-state index contributed by atoms with van der Waals surface area (Å²) in [5, 5.41) is 6.22. The van der Waals surface area contributed by atoms with E-state index >= 15 is 0 Å². The van der Waals surface area contributed by atoms with E-state index in [0.717, 1.165) is 26.3 Å². The molecule has 0 amide bonds. The van der Waals surface area contributed by atoms with Crippen molar-refractivity contribution in [1.29, 1.82) is 0 Å². The Kier molecular flexibility index (Phi) is 3.06. The molecule has 1 N–H and O–H groups in total. The Balaban J connectivity index is 1.70. The molecule has 1 aliphatic rings. The highest BCUT2D eigenvalue weighted by Crippen LogP contribution is 2.25. The van der Waals surface area contributed by atoms with Crippen molar-refractivity contribution in [3.8, 4) is 0 Å². The molecule has 0 saturated carbocycles. The summed E-state index contributed by atoms with van der Waals surface area (Å²) in [6, 6.07) is 15.1. The first-order chi connectivity index (χ1) is 8.77. The van der Waals surface area contributed by atoms with E-state index in [1.165, 1.54) is 16.3 Å². The second kappa shape index (κ2) is 4.71. The third kappa shape index (κ3) is 2.26. The smallest absolute Gasteiger partial charge is 0.0554 e. The first-order valence-corrected chi connectivity index (χ1v) is 6.52. The summed E-state index contributed by atoms with van der Waals surface area (Å²) in [7, 11) is 0. The van der Waals surface area contributed by atoms with Crippen LogP contribution in [0.2, 0.25) is 0 Å². The van der Waals surface area contributed by atoms with Gasteiger partial charge in [-0.05, 0) is 16.3 Å². The fourth-order valence-corrected chi connectivity index (χ4v) is 2.50. The van der Waals surface area contributed by atoms with Gasteiger partial charge in [0.05, 0.1) is 13.2 Å². The van der Waals surface area contributed by atoms with Crippen LogP contribution in [-0.4, -0.2) is 19.8 Å². The molecule has 2 heteroatoms. The Hall–Kier alpha value is -1.38. The second-order valence-corrected chi connectivity index (χ2v) is 5.55. The van der Waals surface area contributed by atoms with Gasteiger partial charge in [-0.3, -0.25) is 0 Å². The van der Waals surface area contributed by atoms with E-state index in [1.54, 1.807) is 0 Å². The zero-order valence-corrected chi connectivity index (χ0v) is 10.8. The Morgan fingerprint density at radius 3 is 2.67 bits per heavy atom.